The minimum absolute atomic E-state index is 0.0484. The second kappa shape index (κ2) is 6.80. The van der Waals surface area contributed by atoms with Crippen LogP contribution in [0.3, 0.4) is 0 Å². The Kier molecular flexibility index (Phi) is 5.02. The Morgan fingerprint density at radius 3 is 2.70 bits per heavy atom. The predicted octanol–water partition coefficient (Wildman–Crippen LogP) is 1.38. The number of nitrogens with zero attached hydrogens (tertiary/aromatic N) is 1. The van der Waals surface area contributed by atoms with Crippen molar-refractivity contribution in [1.29, 1.82) is 0 Å². The van der Waals surface area contributed by atoms with Gasteiger partial charge in [0.25, 0.3) is 5.91 Å². The molecule has 0 spiro atoms. The van der Waals surface area contributed by atoms with E-state index in [9.17, 15) is 19.1 Å². The van der Waals surface area contributed by atoms with Crippen molar-refractivity contribution >= 4 is 23.4 Å². The molecule has 23 heavy (non-hydrogen) atoms. The SMILES string of the molecule is Cn1cc(C(N)=O)cc1C(=O)NCC(O)c1ccc(Cl)c(F)c1. The highest BCUT2D eigenvalue weighted by atomic mass is 35.5. The number of rotatable bonds is 5. The summed E-state index contributed by atoms with van der Waals surface area (Å²) in [5.74, 6) is -1.78. The monoisotopic (exact) mass is 339 g/mol. The molecule has 1 heterocycles. The molecule has 1 unspecified atom stereocenters. The molecule has 6 nitrogen and oxygen atoms in total. The van der Waals surface area contributed by atoms with Crippen LogP contribution in [0.1, 0.15) is 32.5 Å². The molecule has 0 aliphatic carbocycles. The summed E-state index contributed by atoms with van der Waals surface area (Å²) < 4.78 is 14.8. The fourth-order valence-corrected chi connectivity index (χ4v) is 2.16. The van der Waals surface area contributed by atoms with E-state index in [0.717, 1.165) is 6.07 Å². The third kappa shape index (κ3) is 3.88. The van der Waals surface area contributed by atoms with Crippen LogP contribution in [0.25, 0.3) is 0 Å². The molecule has 2 amide bonds. The van der Waals surface area contributed by atoms with Gasteiger partial charge in [0.05, 0.1) is 16.7 Å². The lowest BCUT2D eigenvalue weighted by Gasteiger charge is -2.13. The van der Waals surface area contributed by atoms with Crippen LogP contribution in [0.15, 0.2) is 30.5 Å². The lowest BCUT2D eigenvalue weighted by atomic mass is 10.1. The highest BCUT2D eigenvalue weighted by Gasteiger charge is 2.16. The van der Waals surface area contributed by atoms with Crippen LogP contribution < -0.4 is 11.1 Å². The van der Waals surface area contributed by atoms with Gasteiger partial charge >= 0.3 is 0 Å². The van der Waals surface area contributed by atoms with Crippen molar-refractivity contribution in [3.05, 3.63) is 58.1 Å². The molecule has 0 aliphatic heterocycles. The zero-order chi connectivity index (χ0) is 17.1. The van der Waals surface area contributed by atoms with Crippen LogP contribution in [0.4, 0.5) is 4.39 Å². The molecule has 1 atom stereocenters. The first-order valence-corrected chi connectivity index (χ1v) is 7.04. The van der Waals surface area contributed by atoms with Crippen LogP contribution in [-0.4, -0.2) is 28.0 Å². The number of carbonyl (C=O) groups excluding carboxylic acids is 2. The number of aromatic nitrogens is 1. The van der Waals surface area contributed by atoms with E-state index < -0.39 is 23.7 Å². The average Bonchev–Trinajstić information content (AvgIpc) is 2.89. The van der Waals surface area contributed by atoms with Crippen molar-refractivity contribution in [3.63, 3.8) is 0 Å². The molecule has 0 bridgehead atoms. The van der Waals surface area contributed by atoms with E-state index in [4.69, 9.17) is 17.3 Å². The molecule has 8 heteroatoms. The first-order valence-electron chi connectivity index (χ1n) is 6.67. The zero-order valence-corrected chi connectivity index (χ0v) is 13.0. The molecule has 4 N–H and O–H groups in total. The van der Waals surface area contributed by atoms with E-state index in [-0.39, 0.29) is 28.4 Å². The molecule has 0 saturated carbocycles. The number of halogens is 2. The zero-order valence-electron chi connectivity index (χ0n) is 12.2. The minimum Gasteiger partial charge on any atom is -0.387 e. The topological polar surface area (TPSA) is 97.4 Å². The molecule has 0 fully saturated rings. The van der Waals surface area contributed by atoms with Gasteiger partial charge in [-0.1, -0.05) is 17.7 Å². The molecule has 2 rings (SSSR count). The van der Waals surface area contributed by atoms with Gasteiger partial charge in [-0.3, -0.25) is 9.59 Å². The second-order valence-corrected chi connectivity index (χ2v) is 5.40. The first-order chi connectivity index (χ1) is 10.8. The summed E-state index contributed by atoms with van der Waals surface area (Å²) in [5.41, 5.74) is 5.86. The highest BCUT2D eigenvalue weighted by molar-refractivity contribution is 6.30. The summed E-state index contributed by atoms with van der Waals surface area (Å²) in [6.45, 7) is -0.128. The quantitative estimate of drug-likeness (QED) is 0.767. The van der Waals surface area contributed by atoms with E-state index in [1.807, 2.05) is 0 Å². The summed E-state index contributed by atoms with van der Waals surface area (Å²) in [5, 5.41) is 12.4. The number of hydrogen-bond donors (Lipinski definition) is 3. The largest absolute Gasteiger partial charge is 0.387 e. The first kappa shape index (κ1) is 17.0. The number of hydrogen-bond acceptors (Lipinski definition) is 3. The summed E-state index contributed by atoms with van der Waals surface area (Å²) in [6.07, 6.45) is 0.337. The molecule has 0 saturated heterocycles. The molecular formula is C15H15ClFN3O3. The summed E-state index contributed by atoms with van der Waals surface area (Å²) in [4.78, 5) is 23.2. The fraction of sp³-hybridized carbons (Fsp3) is 0.200. The van der Waals surface area contributed by atoms with E-state index in [1.54, 1.807) is 7.05 Å². The molecule has 0 radical (unpaired) electrons. The van der Waals surface area contributed by atoms with Gasteiger partial charge in [0.2, 0.25) is 5.91 Å². The Bertz CT molecular complexity index is 760. The molecular weight excluding hydrogens is 325 g/mol. The molecule has 2 aromatic rings. The Morgan fingerprint density at radius 2 is 2.13 bits per heavy atom. The predicted molar refractivity (Wildman–Crippen MR) is 82.6 cm³/mol. The van der Waals surface area contributed by atoms with Crippen molar-refractivity contribution in [1.82, 2.24) is 9.88 Å². The van der Waals surface area contributed by atoms with Gasteiger partial charge in [0.15, 0.2) is 0 Å². The second-order valence-electron chi connectivity index (χ2n) is 4.99. The maximum absolute atomic E-state index is 13.4. The average molecular weight is 340 g/mol. The Hall–Kier alpha value is -2.38. The third-order valence-electron chi connectivity index (χ3n) is 3.31. The van der Waals surface area contributed by atoms with Gasteiger partial charge in [0, 0.05) is 19.8 Å². The van der Waals surface area contributed by atoms with Gasteiger partial charge in [-0.15, -0.1) is 0 Å². The van der Waals surface area contributed by atoms with Crippen LogP contribution in [-0.2, 0) is 7.05 Å². The van der Waals surface area contributed by atoms with Gasteiger partial charge in [-0.05, 0) is 23.8 Å². The highest BCUT2D eigenvalue weighted by Crippen LogP contribution is 2.20. The van der Waals surface area contributed by atoms with E-state index in [1.165, 1.54) is 29.0 Å². The number of aryl methyl sites for hydroxylation is 1. The van der Waals surface area contributed by atoms with E-state index in [0.29, 0.717) is 0 Å². The normalized spacial score (nSPS) is 12.0. The number of benzene rings is 1. The van der Waals surface area contributed by atoms with Crippen LogP contribution in [0.5, 0.6) is 0 Å². The number of aliphatic hydroxyl groups is 1. The lowest BCUT2D eigenvalue weighted by molar-refractivity contribution is 0.0908. The van der Waals surface area contributed by atoms with E-state index >= 15 is 0 Å². The van der Waals surface area contributed by atoms with Crippen molar-refractivity contribution in [3.8, 4) is 0 Å². The minimum atomic E-state index is -1.10. The molecule has 122 valence electrons. The Labute approximate surface area is 136 Å². The van der Waals surface area contributed by atoms with Crippen molar-refractivity contribution < 1.29 is 19.1 Å². The molecule has 0 aliphatic rings. The van der Waals surface area contributed by atoms with Gasteiger partial charge in [-0.25, -0.2) is 4.39 Å². The maximum atomic E-state index is 13.4. The number of nitrogens with one attached hydrogen (secondary N) is 1. The fourth-order valence-electron chi connectivity index (χ4n) is 2.04. The van der Waals surface area contributed by atoms with Gasteiger partial charge in [-0.2, -0.15) is 0 Å². The number of carbonyl (C=O) groups is 2. The standard InChI is InChI=1S/C15H15ClFN3O3/c1-20-7-9(14(18)22)5-12(20)15(23)19-6-13(21)8-2-3-10(16)11(17)4-8/h2-5,7,13,21H,6H2,1H3,(H2,18,22)(H,19,23). The van der Waals surface area contributed by atoms with Crippen molar-refractivity contribution in [2.24, 2.45) is 12.8 Å². The van der Waals surface area contributed by atoms with Gasteiger partial charge < -0.3 is 20.7 Å². The number of aliphatic hydroxyl groups excluding tert-OH is 1. The van der Waals surface area contributed by atoms with Crippen molar-refractivity contribution in [2.45, 2.75) is 6.10 Å². The Morgan fingerprint density at radius 1 is 1.43 bits per heavy atom. The summed E-state index contributed by atoms with van der Waals surface area (Å²) >= 11 is 5.57. The Balaban J connectivity index is 2.03. The van der Waals surface area contributed by atoms with Crippen LogP contribution >= 0.6 is 11.6 Å². The smallest absolute Gasteiger partial charge is 0.268 e. The van der Waals surface area contributed by atoms with Crippen molar-refractivity contribution in [2.75, 3.05) is 6.54 Å². The summed E-state index contributed by atoms with van der Waals surface area (Å²) in [6, 6.07) is 5.25. The molecule has 1 aromatic heterocycles. The maximum Gasteiger partial charge on any atom is 0.268 e. The van der Waals surface area contributed by atoms with Crippen LogP contribution in [0.2, 0.25) is 5.02 Å². The number of primary amides is 1. The summed E-state index contributed by atoms with van der Waals surface area (Å²) in [7, 11) is 1.59. The van der Waals surface area contributed by atoms with Crippen LogP contribution in [0, 0.1) is 5.82 Å². The number of amides is 2. The lowest BCUT2D eigenvalue weighted by Crippen LogP contribution is -2.29. The number of nitrogens with two attached hydrogens (primary N) is 1. The van der Waals surface area contributed by atoms with E-state index in [2.05, 4.69) is 5.32 Å². The van der Waals surface area contributed by atoms with Gasteiger partial charge in [0.1, 0.15) is 11.5 Å². The molecule has 1 aromatic carbocycles. The third-order valence-corrected chi connectivity index (χ3v) is 3.61.